The average Bonchev–Trinajstić information content (AvgIpc) is 2.89. The first kappa shape index (κ1) is 19.8. The van der Waals surface area contributed by atoms with E-state index in [-0.39, 0.29) is 5.91 Å². The van der Waals surface area contributed by atoms with Gasteiger partial charge in [0.2, 0.25) is 0 Å². The molecule has 0 radical (unpaired) electrons. The van der Waals surface area contributed by atoms with E-state index in [4.69, 9.17) is 0 Å². The first-order valence-electron chi connectivity index (χ1n) is 10.5. The van der Waals surface area contributed by atoms with Crippen LogP contribution in [-0.2, 0) is 6.42 Å². The molecule has 1 amide bonds. The number of aromatic nitrogens is 2. The van der Waals surface area contributed by atoms with Crippen molar-refractivity contribution in [3.63, 3.8) is 0 Å². The standard InChI is InChI=1S/C23H28N4OS/c1-16-8-7-9-18(14-16)10-11-24-22(28)20-17(2)19-21(25-15-26-23(19)29-20)27-12-5-3-4-6-13-27/h7-9,14-15H,3-6,10-13H2,1-2H3,(H,24,28). The van der Waals surface area contributed by atoms with Gasteiger partial charge in [-0.15, -0.1) is 11.3 Å². The Hall–Kier alpha value is -2.47. The quantitative estimate of drug-likeness (QED) is 0.667. The smallest absolute Gasteiger partial charge is 0.261 e. The lowest BCUT2D eigenvalue weighted by atomic mass is 10.1. The summed E-state index contributed by atoms with van der Waals surface area (Å²) in [5, 5.41) is 4.13. The van der Waals surface area contributed by atoms with Crippen LogP contribution in [0.3, 0.4) is 0 Å². The molecule has 1 aliphatic heterocycles. The minimum absolute atomic E-state index is 0.0139. The van der Waals surface area contributed by atoms with Crippen molar-refractivity contribution >= 4 is 33.3 Å². The number of hydrogen-bond donors (Lipinski definition) is 1. The molecule has 5 nitrogen and oxygen atoms in total. The zero-order valence-corrected chi connectivity index (χ0v) is 18.0. The van der Waals surface area contributed by atoms with Gasteiger partial charge in [-0.05, 0) is 44.2 Å². The molecule has 6 heteroatoms. The highest BCUT2D eigenvalue weighted by Gasteiger charge is 2.22. The summed E-state index contributed by atoms with van der Waals surface area (Å²) in [6.07, 6.45) is 7.42. The summed E-state index contributed by atoms with van der Waals surface area (Å²) < 4.78 is 0. The van der Waals surface area contributed by atoms with Gasteiger partial charge in [-0.25, -0.2) is 9.97 Å². The number of anilines is 1. The third-order valence-corrected chi connectivity index (χ3v) is 6.80. The third kappa shape index (κ3) is 4.42. The molecule has 1 fully saturated rings. The Kier molecular flexibility index (Phi) is 6.09. The van der Waals surface area contributed by atoms with Crippen molar-refractivity contribution in [2.75, 3.05) is 24.5 Å². The van der Waals surface area contributed by atoms with E-state index in [2.05, 4.69) is 51.4 Å². The van der Waals surface area contributed by atoms with Gasteiger partial charge in [0.05, 0.1) is 10.3 Å². The monoisotopic (exact) mass is 408 g/mol. The van der Waals surface area contributed by atoms with Gasteiger partial charge in [0.25, 0.3) is 5.91 Å². The maximum absolute atomic E-state index is 12.9. The third-order valence-electron chi connectivity index (χ3n) is 5.60. The van der Waals surface area contributed by atoms with Crippen LogP contribution in [-0.4, -0.2) is 35.5 Å². The predicted octanol–water partition coefficient (Wildman–Crippen LogP) is 4.66. The Morgan fingerprint density at radius 3 is 2.69 bits per heavy atom. The summed E-state index contributed by atoms with van der Waals surface area (Å²) in [5.74, 6) is 0.976. The Labute approximate surface area is 176 Å². The highest BCUT2D eigenvalue weighted by atomic mass is 32.1. The Morgan fingerprint density at radius 2 is 1.93 bits per heavy atom. The average molecular weight is 409 g/mol. The molecule has 2 aromatic heterocycles. The second kappa shape index (κ2) is 8.91. The Morgan fingerprint density at radius 1 is 1.14 bits per heavy atom. The number of nitrogens with one attached hydrogen (secondary N) is 1. The van der Waals surface area contributed by atoms with Gasteiger partial charge in [-0.3, -0.25) is 4.79 Å². The Bertz CT molecular complexity index is 1010. The number of benzene rings is 1. The second-order valence-corrected chi connectivity index (χ2v) is 8.83. The maximum atomic E-state index is 12.9. The lowest BCUT2D eigenvalue weighted by Gasteiger charge is -2.22. The fourth-order valence-electron chi connectivity index (χ4n) is 4.06. The predicted molar refractivity (Wildman–Crippen MR) is 120 cm³/mol. The fourth-order valence-corrected chi connectivity index (χ4v) is 5.12. The molecule has 0 unspecified atom stereocenters. The fraction of sp³-hybridized carbons (Fsp3) is 0.435. The number of hydrogen-bond acceptors (Lipinski definition) is 5. The number of carbonyl (C=O) groups excluding carboxylic acids is 1. The van der Waals surface area contributed by atoms with Crippen LogP contribution in [0, 0.1) is 13.8 Å². The molecule has 1 N–H and O–H groups in total. The van der Waals surface area contributed by atoms with Crippen molar-refractivity contribution in [3.05, 3.63) is 52.2 Å². The van der Waals surface area contributed by atoms with Crippen LogP contribution in [0.25, 0.3) is 10.2 Å². The van der Waals surface area contributed by atoms with E-state index >= 15 is 0 Å². The second-order valence-electron chi connectivity index (χ2n) is 7.83. The van der Waals surface area contributed by atoms with Crippen LogP contribution in [0.15, 0.2) is 30.6 Å². The molecule has 0 spiro atoms. The number of carbonyl (C=O) groups is 1. The van der Waals surface area contributed by atoms with Crippen molar-refractivity contribution in [2.24, 2.45) is 0 Å². The van der Waals surface area contributed by atoms with Crippen molar-refractivity contribution < 1.29 is 4.79 Å². The molecule has 1 aliphatic rings. The number of fused-ring (bicyclic) bond motifs is 1. The van der Waals surface area contributed by atoms with Crippen molar-refractivity contribution in [2.45, 2.75) is 46.0 Å². The van der Waals surface area contributed by atoms with E-state index in [0.29, 0.717) is 6.54 Å². The van der Waals surface area contributed by atoms with Crippen LogP contribution in [0.5, 0.6) is 0 Å². The van der Waals surface area contributed by atoms with Crippen LogP contribution < -0.4 is 10.2 Å². The van der Waals surface area contributed by atoms with E-state index in [1.165, 1.54) is 48.1 Å². The van der Waals surface area contributed by atoms with E-state index < -0.39 is 0 Å². The van der Waals surface area contributed by atoms with Crippen LogP contribution in [0.4, 0.5) is 5.82 Å². The first-order valence-corrected chi connectivity index (χ1v) is 11.3. The number of aryl methyl sites for hydroxylation is 2. The van der Waals surface area contributed by atoms with Gasteiger partial charge in [-0.1, -0.05) is 42.7 Å². The van der Waals surface area contributed by atoms with Crippen molar-refractivity contribution in [3.8, 4) is 0 Å². The summed E-state index contributed by atoms with van der Waals surface area (Å²) in [5.41, 5.74) is 3.49. The van der Waals surface area contributed by atoms with E-state index in [1.807, 2.05) is 6.92 Å². The van der Waals surface area contributed by atoms with E-state index in [1.54, 1.807) is 6.33 Å². The van der Waals surface area contributed by atoms with Gasteiger partial charge in [0.1, 0.15) is 17.0 Å². The zero-order chi connectivity index (χ0) is 20.2. The van der Waals surface area contributed by atoms with Crippen LogP contribution in [0.2, 0.25) is 0 Å². The summed E-state index contributed by atoms with van der Waals surface area (Å²) in [6, 6.07) is 8.42. The molecule has 3 heterocycles. The van der Waals surface area contributed by atoms with Gasteiger partial charge in [0, 0.05) is 19.6 Å². The van der Waals surface area contributed by atoms with Crippen LogP contribution >= 0.6 is 11.3 Å². The van der Waals surface area contributed by atoms with Gasteiger partial charge in [-0.2, -0.15) is 0 Å². The lowest BCUT2D eigenvalue weighted by Crippen LogP contribution is -2.26. The number of rotatable bonds is 5. The minimum atomic E-state index is -0.0139. The molecule has 29 heavy (non-hydrogen) atoms. The summed E-state index contributed by atoms with van der Waals surface area (Å²) >= 11 is 1.47. The number of thiophene rings is 1. The van der Waals surface area contributed by atoms with E-state index in [9.17, 15) is 4.79 Å². The molecule has 152 valence electrons. The summed E-state index contributed by atoms with van der Waals surface area (Å²) in [7, 11) is 0. The molecule has 0 aliphatic carbocycles. The number of amides is 1. The van der Waals surface area contributed by atoms with Gasteiger partial charge in [0.15, 0.2) is 0 Å². The highest BCUT2D eigenvalue weighted by molar-refractivity contribution is 7.20. The molecule has 1 aromatic carbocycles. The SMILES string of the molecule is Cc1cccc(CCNC(=O)c2sc3ncnc(N4CCCCCC4)c3c2C)c1. The van der Waals surface area contributed by atoms with Crippen molar-refractivity contribution in [1.29, 1.82) is 0 Å². The largest absolute Gasteiger partial charge is 0.356 e. The van der Waals surface area contributed by atoms with Gasteiger partial charge >= 0.3 is 0 Å². The lowest BCUT2D eigenvalue weighted by molar-refractivity contribution is 0.0957. The minimum Gasteiger partial charge on any atom is -0.356 e. The van der Waals surface area contributed by atoms with Crippen molar-refractivity contribution in [1.82, 2.24) is 15.3 Å². The summed E-state index contributed by atoms with van der Waals surface area (Å²) in [6.45, 7) is 6.80. The molecule has 0 atom stereocenters. The molecule has 4 rings (SSSR count). The normalized spacial score (nSPS) is 14.8. The number of nitrogens with zero attached hydrogens (tertiary/aromatic N) is 3. The molecular weight excluding hydrogens is 380 g/mol. The first-order chi connectivity index (χ1) is 14.1. The zero-order valence-electron chi connectivity index (χ0n) is 17.2. The molecule has 1 saturated heterocycles. The van der Waals surface area contributed by atoms with Gasteiger partial charge < -0.3 is 10.2 Å². The topological polar surface area (TPSA) is 58.1 Å². The molecule has 0 saturated carbocycles. The summed E-state index contributed by atoms with van der Waals surface area (Å²) in [4.78, 5) is 26.0. The molecule has 0 bridgehead atoms. The highest BCUT2D eigenvalue weighted by Crippen LogP contribution is 2.35. The molecule has 3 aromatic rings. The maximum Gasteiger partial charge on any atom is 0.261 e. The van der Waals surface area contributed by atoms with Crippen LogP contribution in [0.1, 0.15) is 52.0 Å². The van der Waals surface area contributed by atoms with E-state index in [0.717, 1.165) is 46.0 Å². The Balaban J connectivity index is 1.52. The molecular formula is C23H28N4OS.